The van der Waals surface area contributed by atoms with E-state index in [1.54, 1.807) is 42.7 Å². The summed E-state index contributed by atoms with van der Waals surface area (Å²) in [5, 5.41) is 3.45. The molecule has 6 heteroatoms. The number of hydrogen-bond acceptors (Lipinski definition) is 4. The van der Waals surface area contributed by atoms with Crippen molar-refractivity contribution in [2.45, 2.75) is 6.92 Å². The van der Waals surface area contributed by atoms with Crippen LogP contribution in [0.2, 0.25) is 5.02 Å². The minimum Gasteiger partial charge on any atom is -0.465 e. The Morgan fingerprint density at radius 1 is 1.19 bits per heavy atom. The van der Waals surface area contributed by atoms with Crippen molar-refractivity contribution in [3.8, 4) is 11.5 Å². The first-order chi connectivity index (χ1) is 13.1. The summed E-state index contributed by atoms with van der Waals surface area (Å²) in [5.41, 5.74) is 3.69. The number of fused-ring (bicyclic) bond motifs is 1. The van der Waals surface area contributed by atoms with Crippen molar-refractivity contribution in [1.82, 2.24) is 4.98 Å². The van der Waals surface area contributed by atoms with E-state index in [1.807, 2.05) is 25.1 Å². The number of halogens is 1. The number of nitrogens with one attached hydrogen (secondary N) is 1. The number of rotatable bonds is 4. The van der Waals surface area contributed by atoms with Gasteiger partial charge in [0.2, 0.25) is 11.8 Å². The van der Waals surface area contributed by atoms with Crippen LogP contribution in [0.5, 0.6) is 0 Å². The first-order valence-corrected chi connectivity index (χ1v) is 8.66. The van der Waals surface area contributed by atoms with Crippen LogP contribution in [0.15, 0.2) is 69.7 Å². The van der Waals surface area contributed by atoms with Crippen LogP contribution in [-0.4, -0.2) is 10.9 Å². The number of aromatic nitrogens is 1. The number of nitrogens with zero attached hydrogens (tertiary/aromatic N) is 1. The summed E-state index contributed by atoms with van der Waals surface area (Å²) >= 11 is 6.18. The van der Waals surface area contributed by atoms with Gasteiger partial charge in [-0.1, -0.05) is 17.7 Å². The quantitative estimate of drug-likeness (QED) is 0.462. The Morgan fingerprint density at radius 2 is 2.07 bits per heavy atom. The highest BCUT2D eigenvalue weighted by molar-refractivity contribution is 6.31. The highest BCUT2D eigenvalue weighted by Gasteiger charge is 2.10. The number of carbonyl (C=O) groups excluding carboxylic acids is 1. The molecule has 0 bridgehead atoms. The van der Waals surface area contributed by atoms with E-state index in [2.05, 4.69) is 10.3 Å². The van der Waals surface area contributed by atoms with Gasteiger partial charge in [-0.15, -0.1) is 0 Å². The molecule has 0 aliphatic carbocycles. The SMILES string of the molecule is Cc1ccc(-c2nc3cc(NC(=O)/C=C/c4ccco4)ccc3o2)cc1Cl. The molecule has 0 saturated carbocycles. The van der Waals surface area contributed by atoms with Gasteiger partial charge in [-0.3, -0.25) is 4.79 Å². The normalized spacial score (nSPS) is 11.3. The van der Waals surface area contributed by atoms with Crippen LogP contribution in [0, 0.1) is 6.92 Å². The highest BCUT2D eigenvalue weighted by atomic mass is 35.5. The predicted molar refractivity (Wildman–Crippen MR) is 106 cm³/mol. The topological polar surface area (TPSA) is 68.3 Å². The molecule has 4 rings (SSSR count). The first-order valence-electron chi connectivity index (χ1n) is 8.28. The summed E-state index contributed by atoms with van der Waals surface area (Å²) in [6.45, 7) is 1.94. The maximum Gasteiger partial charge on any atom is 0.248 e. The summed E-state index contributed by atoms with van der Waals surface area (Å²) < 4.78 is 11.0. The van der Waals surface area contributed by atoms with Crippen LogP contribution in [0.4, 0.5) is 5.69 Å². The lowest BCUT2D eigenvalue weighted by Gasteiger charge is -2.00. The zero-order valence-corrected chi connectivity index (χ0v) is 15.2. The molecule has 2 aromatic carbocycles. The minimum atomic E-state index is -0.264. The van der Waals surface area contributed by atoms with Gasteiger partial charge in [0.05, 0.1) is 6.26 Å². The van der Waals surface area contributed by atoms with Crippen LogP contribution in [0.25, 0.3) is 28.6 Å². The fourth-order valence-electron chi connectivity index (χ4n) is 2.58. The van der Waals surface area contributed by atoms with Crippen molar-refractivity contribution in [2.24, 2.45) is 0 Å². The standard InChI is InChI=1S/C21H15ClN2O3/c1-13-4-5-14(11-17(13)22)21-24-18-12-15(6-8-19(18)27-21)23-20(25)9-7-16-3-2-10-26-16/h2-12H,1H3,(H,23,25)/b9-7+. The zero-order chi connectivity index (χ0) is 18.8. The summed E-state index contributed by atoms with van der Waals surface area (Å²) in [6.07, 6.45) is 4.56. The molecule has 0 spiro atoms. The van der Waals surface area contributed by atoms with Crippen molar-refractivity contribution >= 4 is 40.4 Å². The molecule has 0 atom stereocenters. The number of furan rings is 1. The van der Waals surface area contributed by atoms with E-state index < -0.39 is 0 Å². The van der Waals surface area contributed by atoms with Crippen LogP contribution in [0.3, 0.4) is 0 Å². The van der Waals surface area contributed by atoms with Gasteiger partial charge in [-0.2, -0.15) is 0 Å². The molecule has 27 heavy (non-hydrogen) atoms. The van der Waals surface area contributed by atoms with Crippen LogP contribution in [0.1, 0.15) is 11.3 Å². The van der Waals surface area contributed by atoms with E-state index in [1.165, 1.54) is 6.08 Å². The highest BCUT2D eigenvalue weighted by Crippen LogP contribution is 2.29. The third kappa shape index (κ3) is 3.78. The zero-order valence-electron chi connectivity index (χ0n) is 14.4. The molecule has 0 saturated heterocycles. The number of carbonyl (C=O) groups is 1. The fraction of sp³-hybridized carbons (Fsp3) is 0.0476. The molecule has 5 nitrogen and oxygen atoms in total. The van der Waals surface area contributed by atoms with Crippen molar-refractivity contribution in [3.05, 3.63) is 77.2 Å². The summed E-state index contributed by atoms with van der Waals surface area (Å²) in [4.78, 5) is 16.5. The van der Waals surface area contributed by atoms with Crippen molar-refractivity contribution in [1.29, 1.82) is 0 Å². The Kier molecular flexibility index (Phi) is 4.52. The molecule has 4 aromatic rings. The Balaban J connectivity index is 1.55. The Labute approximate surface area is 160 Å². The average molecular weight is 379 g/mol. The molecule has 0 aliphatic heterocycles. The fourth-order valence-corrected chi connectivity index (χ4v) is 2.76. The van der Waals surface area contributed by atoms with Crippen molar-refractivity contribution in [2.75, 3.05) is 5.32 Å². The second-order valence-electron chi connectivity index (χ2n) is 6.00. The van der Waals surface area contributed by atoms with Crippen LogP contribution >= 0.6 is 11.6 Å². The first kappa shape index (κ1) is 17.1. The molecule has 134 valence electrons. The molecule has 0 radical (unpaired) electrons. The van der Waals surface area contributed by atoms with Gasteiger partial charge in [-0.25, -0.2) is 4.98 Å². The van der Waals surface area contributed by atoms with E-state index >= 15 is 0 Å². The second-order valence-corrected chi connectivity index (χ2v) is 6.41. The molecule has 2 aromatic heterocycles. The number of amides is 1. The maximum absolute atomic E-state index is 12.0. The van der Waals surface area contributed by atoms with Gasteiger partial charge < -0.3 is 14.2 Å². The van der Waals surface area contributed by atoms with Gasteiger partial charge >= 0.3 is 0 Å². The number of benzene rings is 2. The maximum atomic E-state index is 12.0. The van der Waals surface area contributed by atoms with E-state index in [9.17, 15) is 4.79 Å². The third-order valence-corrected chi connectivity index (χ3v) is 4.42. The van der Waals surface area contributed by atoms with E-state index in [4.69, 9.17) is 20.4 Å². The van der Waals surface area contributed by atoms with Crippen LogP contribution in [-0.2, 0) is 4.79 Å². The van der Waals surface area contributed by atoms with Gasteiger partial charge in [0.15, 0.2) is 5.58 Å². The average Bonchev–Trinajstić information content (AvgIpc) is 3.31. The van der Waals surface area contributed by atoms with Gasteiger partial charge in [0, 0.05) is 22.3 Å². The van der Waals surface area contributed by atoms with Gasteiger partial charge in [0.1, 0.15) is 11.3 Å². The van der Waals surface area contributed by atoms with Crippen molar-refractivity contribution in [3.63, 3.8) is 0 Å². The van der Waals surface area contributed by atoms with Crippen LogP contribution < -0.4 is 5.32 Å². The largest absolute Gasteiger partial charge is 0.465 e. The summed E-state index contributed by atoms with van der Waals surface area (Å²) in [5.74, 6) is 0.825. The number of oxazole rings is 1. The lowest BCUT2D eigenvalue weighted by Crippen LogP contribution is -2.07. The van der Waals surface area contributed by atoms with Gasteiger partial charge in [0.25, 0.3) is 0 Å². The lowest BCUT2D eigenvalue weighted by atomic mass is 10.1. The Hall–Kier alpha value is -3.31. The summed E-state index contributed by atoms with van der Waals surface area (Å²) in [7, 11) is 0. The second kappa shape index (κ2) is 7.13. The molecular formula is C21H15ClN2O3. The van der Waals surface area contributed by atoms with Gasteiger partial charge in [-0.05, 0) is 61.0 Å². The molecule has 1 amide bonds. The monoisotopic (exact) mass is 378 g/mol. The smallest absolute Gasteiger partial charge is 0.248 e. The molecular weight excluding hydrogens is 364 g/mol. The number of hydrogen-bond donors (Lipinski definition) is 1. The molecule has 0 fully saturated rings. The predicted octanol–water partition coefficient (Wildman–Crippen LogP) is 5.70. The van der Waals surface area contributed by atoms with E-state index in [0.717, 1.165) is 11.1 Å². The number of anilines is 1. The van der Waals surface area contributed by atoms with E-state index in [-0.39, 0.29) is 5.91 Å². The Morgan fingerprint density at radius 3 is 2.85 bits per heavy atom. The van der Waals surface area contributed by atoms with E-state index in [0.29, 0.717) is 33.5 Å². The van der Waals surface area contributed by atoms with Crippen molar-refractivity contribution < 1.29 is 13.6 Å². The molecule has 0 aliphatic rings. The molecule has 1 N–H and O–H groups in total. The molecule has 0 unspecified atom stereocenters. The number of aryl methyl sites for hydroxylation is 1. The third-order valence-electron chi connectivity index (χ3n) is 4.02. The molecule has 2 heterocycles. The lowest BCUT2D eigenvalue weighted by molar-refractivity contribution is -0.111. The Bertz CT molecular complexity index is 1140. The summed E-state index contributed by atoms with van der Waals surface area (Å²) in [6, 6.07) is 14.5. The minimum absolute atomic E-state index is 0.264.